The Morgan fingerprint density at radius 1 is 0.955 bits per heavy atom. The summed E-state index contributed by atoms with van der Waals surface area (Å²) in [5.41, 5.74) is 0.982. The predicted molar refractivity (Wildman–Crippen MR) is 106 cm³/mol. The topological polar surface area (TPSA) is 0 Å². The van der Waals surface area contributed by atoms with E-state index in [4.69, 9.17) is 0 Å². The van der Waals surface area contributed by atoms with Crippen molar-refractivity contribution in [1.29, 1.82) is 0 Å². The molecule has 2 atom stereocenters. The van der Waals surface area contributed by atoms with Gasteiger partial charge in [-0.1, -0.05) is 92.9 Å². The Labute approximate surface area is 139 Å². The maximum atomic E-state index is 4.14. The molecule has 0 aliphatic heterocycles. The van der Waals surface area contributed by atoms with Gasteiger partial charge in [0, 0.05) is 0 Å². The van der Waals surface area contributed by atoms with E-state index in [-0.39, 0.29) is 0 Å². The quantitative estimate of drug-likeness (QED) is 0.436. The third-order valence-corrected chi connectivity index (χ3v) is 25.9. The Bertz CT molecular complexity index is 490. The average molecular weight is 329 g/mol. The van der Waals surface area contributed by atoms with Crippen LogP contribution >= 0.6 is 0 Å². The lowest BCUT2D eigenvalue weighted by Crippen LogP contribution is -2.68. The van der Waals surface area contributed by atoms with Gasteiger partial charge in [0.25, 0.3) is 0 Å². The number of rotatable bonds is 7. The van der Waals surface area contributed by atoms with Crippen molar-refractivity contribution in [2.24, 2.45) is 0 Å². The third kappa shape index (κ3) is 3.23. The van der Waals surface area contributed by atoms with Crippen molar-refractivity contribution in [3.63, 3.8) is 0 Å². The second kappa shape index (κ2) is 7.60. The number of hydrogen-bond acceptors (Lipinski definition) is 0. The van der Waals surface area contributed by atoms with Crippen LogP contribution in [-0.4, -0.2) is 15.2 Å². The molecule has 0 nitrogen and oxygen atoms in total. The van der Waals surface area contributed by atoms with Gasteiger partial charge in [-0.3, -0.25) is 0 Å². The Kier molecular flexibility index (Phi) is 6.04. The first-order valence-electron chi connectivity index (χ1n) is 8.86. The molecule has 0 saturated heterocycles. The molecule has 0 amide bonds. The van der Waals surface area contributed by atoms with Gasteiger partial charge in [0.2, 0.25) is 0 Å². The van der Waals surface area contributed by atoms with E-state index in [0.29, 0.717) is 0 Å². The van der Waals surface area contributed by atoms with Crippen molar-refractivity contribution < 1.29 is 0 Å². The van der Waals surface area contributed by atoms with E-state index in [0.717, 1.165) is 5.54 Å². The van der Waals surface area contributed by atoms with Crippen LogP contribution in [0.25, 0.3) is 0 Å². The zero-order chi connectivity index (χ0) is 16.1. The fourth-order valence-corrected chi connectivity index (χ4v) is 21.2. The van der Waals surface area contributed by atoms with Crippen LogP contribution in [0.4, 0.5) is 0 Å². The van der Waals surface area contributed by atoms with Crippen LogP contribution < -0.4 is 5.19 Å². The Balaban J connectivity index is 2.48. The van der Waals surface area contributed by atoms with Gasteiger partial charge in [-0.25, -0.2) is 0 Å². The molecule has 0 spiro atoms. The van der Waals surface area contributed by atoms with Crippen molar-refractivity contribution >= 4 is 20.4 Å². The molecule has 1 saturated carbocycles. The minimum atomic E-state index is -1.54. The van der Waals surface area contributed by atoms with Gasteiger partial charge in [-0.2, -0.15) is 0 Å². The highest BCUT2D eigenvalue weighted by Gasteiger charge is 2.51. The summed E-state index contributed by atoms with van der Waals surface area (Å²) < 4.78 is 0. The van der Waals surface area contributed by atoms with E-state index in [1.165, 1.54) is 44.2 Å². The summed E-state index contributed by atoms with van der Waals surface area (Å²) in [6.45, 7) is 13.6. The maximum Gasteiger partial charge on any atom is 0.0813 e. The molecule has 1 aromatic carbocycles. The van der Waals surface area contributed by atoms with Crippen LogP contribution in [0.2, 0.25) is 30.7 Å². The highest BCUT2D eigenvalue weighted by Crippen LogP contribution is 2.45. The Hall–Kier alpha value is -0.866. The average Bonchev–Trinajstić information content (AvgIpc) is 2.56. The van der Waals surface area contributed by atoms with Crippen LogP contribution in [0, 0.1) is 0 Å². The second-order valence-electron chi connectivity index (χ2n) is 7.44. The molecular weight excluding hydrogens is 296 g/mol. The summed E-state index contributed by atoms with van der Waals surface area (Å²) in [5, 5.41) is 1.65. The van der Waals surface area contributed by atoms with E-state index < -0.39 is 15.2 Å². The zero-order valence-electron chi connectivity index (χ0n) is 14.5. The smallest absolute Gasteiger partial charge is 0.0813 e. The number of allylic oxidation sites excluding steroid dienone is 2. The van der Waals surface area contributed by atoms with Crippen LogP contribution in [-0.2, 0) is 0 Å². The van der Waals surface area contributed by atoms with Crippen molar-refractivity contribution in [2.45, 2.75) is 62.8 Å². The molecule has 1 aliphatic rings. The second-order valence-corrected chi connectivity index (χ2v) is 21.9. The van der Waals surface area contributed by atoms with Crippen LogP contribution in [0.3, 0.4) is 0 Å². The van der Waals surface area contributed by atoms with Crippen molar-refractivity contribution in [1.82, 2.24) is 0 Å². The first kappa shape index (κ1) is 17.5. The van der Waals surface area contributed by atoms with Gasteiger partial charge in [0.05, 0.1) is 15.2 Å². The highest BCUT2D eigenvalue weighted by molar-refractivity contribution is 7.47. The first-order chi connectivity index (χ1) is 10.6. The van der Waals surface area contributed by atoms with Gasteiger partial charge in [0.1, 0.15) is 0 Å². The molecule has 0 bridgehead atoms. The summed E-state index contributed by atoms with van der Waals surface area (Å²) >= 11 is 0. The fourth-order valence-electron chi connectivity index (χ4n) is 4.66. The summed E-state index contributed by atoms with van der Waals surface area (Å²) in [7, 11) is -2.95. The molecule has 0 aromatic heterocycles. The molecule has 120 valence electrons. The summed E-state index contributed by atoms with van der Waals surface area (Å²) in [4.78, 5) is 0. The van der Waals surface area contributed by atoms with Gasteiger partial charge in [0.15, 0.2) is 0 Å². The largest absolute Gasteiger partial charge is 0.103 e. The number of benzene rings is 1. The number of hydrogen-bond donors (Lipinski definition) is 0. The van der Waals surface area contributed by atoms with Crippen molar-refractivity contribution in [3.8, 4) is 0 Å². The molecule has 0 N–H and O–H groups in total. The van der Waals surface area contributed by atoms with Gasteiger partial charge >= 0.3 is 0 Å². The minimum Gasteiger partial charge on any atom is -0.103 e. The summed E-state index contributed by atoms with van der Waals surface area (Å²) in [5.74, 6) is 0. The molecule has 0 heterocycles. The fraction of sp³-hybridized carbons (Fsp3) is 0.500. The molecule has 1 fully saturated rings. The molecule has 1 aromatic rings. The third-order valence-electron chi connectivity index (χ3n) is 6.30. The SMILES string of the molecule is C=CC[Si](C)(c1ccccc1)[Si](C)(CC=C)C1CCCCC1. The Morgan fingerprint density at radius 3 is 2.09 bits per heavy atom. The molecule has 1 aliphatic carbocycles. The van der Waals surface area contributed by atoms with Crippen LogP contribution in [0.1, 0.15) is 32.1 Å². The van der Waals surface area contributed by atoms with E-state index in [9.17, 15) is 0 Å². The van der Waals surface area contributed by atoms with Gasteiger partial charge in [-0.15, -0.1) is 13.2 Å². The van der Waals surface area contributed by atoms with Crippen molar-refractivity contribution in [3.05, 3.63) is 55.6 Å². The highest BCUT2D eigenvalue weighted by atomic mass is 29.3. The summed E-state index contributed by atoms with van der Waals surface area (Å²) in [6.07, 6.45) is 11.7. The molecule has 22 heavy (non-hydrogen) atoms. The predicted octanol–water partition coefficient (Wildman–Crippen LogP) is 5.84. The van der Waals surface area contributed by atoms with Crippen molar-refractivity contribution in [2.75, 3.05) is 0 Å². The van der Waals surface area contributed by atoms with Crippen LogP contribution in [0.15, 0.2) is 55.6 Å². The maximum absolute atomic E-state index is 4.14. The lowest BCUT2D eigenvalue weighted by molar-refractivity contribution is 0.494. The van der Waals surface area contributed by atoms with Crippen LogP contribution in [0.5, 0.6) is 0 Å². The molecule has 2 heteroatoms. The standard InChI is InChI=1S/C20H32Si2/c1-5-17-21(3,19-13-9-7-10-14-19)22(4,18-6-2)20-15-11-8-12-16-20/h5-7,9-10,13-14,20H,1-2,8,11-12,15-18H2,3-4H3. The molecule has 0 radical (unpaired) electrons. The normalized spacial score (nSPS) is 21.5. The lowest BCUT2D eigenvalue weighted by atomic mass is 10.0. The summed E-state index contributed by atoms with van der Waals surface area (Å²) in [6, 6.07) is 13.9. The molecular formula is C20H32Si2. The minimum absolute atomic E-state index is 0.982. The first-order valence-corrected chi connectivity index (χ1v) is 15.3. The monoisotopic (exact) mass is 328 g/mol. The van der Waals surface area contributed by atoms with Gasteiger partial charge in [-0.05, 0) is 17.6 Å². The van der Waals surface area contributed by atoms with Gasteiger partial charge < -0.3 is 0 Å². The molecule has 2 unspecified atom stereocenters. The Morgan fingerprint density at radius 2 is 1.55 bits per heavy atom. The van der Waals surface area contributed by atoms with E-state index in [1.807, 2.05) is 0 Å². The van der Waals surface area contributed by atoms with E-state index in [2.05, 4.69) is 68.7 Å². The van der Waals surface area contributed by atoms with E-state index in [1.54, 1.807) is 5.19 Å². The van der Waals surface area contributed by atoms with E-state index >= 15 is 0 Å². The zero-order valence-corrected chi connectivity index (χ0v) is 16.5. The lowest BCUT2D eigenvalue weighted by Gasteiger charge is -2.49. The molecule has 2 rings (SSSR count).